The number of guanidine groups is 1. The molecule has 1 aromatic carbocycles. The average Bonchev–Trinajstić information content (AvgIpc) is 3.20. The Balaban J connectivity index is 0.00000200. The minimum Gasteiger partial charge on any atom is -0.381 e. The number of aliphatic imine (C=N–C) groups is 1. The first-order valence-electron chi connectivity index (χ1n) is 6.95. The van der Waals surface area contributed by atoms with Gasteiger partial charge in [-0.25, -0.2) is 0 Å². The second-order valence-electron chi connectivity index (χ2n) is 5.13. The van der Waals surface area contributed by atoms with Crippen molar-refractivity contribution < 1.29 is 4.74 Å². The van der Waals surface area contributed by atoms with Crippen LogP contribution in [-0.2, 0) is 4.74 Å². The molecule has 1 fully saturated rings. The van der Waals surface area contributed by atoms with Crippen molar-refractivity contribution in [2.45, 2.75) is 26.2 Å². The first-order chi connectivity index (χ1) is 9.24. The van der Waals surface area contributed by atoms with Gasteiger partial charge in [0, 0.05) is 25.4 Å². The van der Waals surface area contributed by atoms with Crippen LogP contribution in [0.2, 0.25) is 0 Å². The summed E-state index contributed by atoms with van der Waals surface area (Å²) in [7, 11) is 0. The molecule has 0 bridgehead atoms. The number of hydrogen-bond donors (Lipinski definition) is 2. The number of benzene rings is 1. The fraction of sp³-hybridized carbons (Fsp3) is 0.533. The molecule has 3 N–H and O–H groups in total. The first-order valence-corrected chi connectivity index (χ1v) is 6.95. The molecule has 0 spiro atoms. The molecule has 0 radical (unpaired) electrons. The molecule has 1 saturated carbocycles. The molecule has 0 amide bonds. The van der Waals surface area contributed by atoms with E-state index in [4.69, 9.17) is 10.5 Å². The van der Waals surface area contributed by atoms with Gasteiger partial charge < -0.3 is 15.8 Å². The van der Waals surface area contributed by atoms with Crippen LogP contribution in [0.4, 0.5) is 5.69 Å². The van der Waals surface area contributed by atoms with Gasteiger partial charge in [-0.15, -0.1) is 24.0 Å². The van der Waals surface area contributed by atoms with E-state index in [2.05, 4.69) is 17.2 Å². The van der Waals surface area contributed by atoms with Crippen LogP contribution in [0, 0.1) is 12.8 Å². The summed E-state index contributed by atoms with van der Waals surface area (Å²) in [5.41, 5.74) is 8.01. The van der Waals surface area contributed by atoms with Gasteiger partial charge in [-0.2, -0.15) is 0 Å². The average molecular weight is 389 g/mol. The Labute approximate surface area is 138 Å². The van der Waals surface area contributed by atoms with Crippen LogP contribution < -0.4 is 11.1 Å². The molecule has 4 nitrogen and oxygen atoms in total. The summed E-state index contributed by atoms with van der Waals surface area (Å²) in [6.07, 6.45) is 3.60. The van der Waals surface area contributed by atoms with E-state index in [1.54, 1.807) is 0 Å². The quantitative estimate of drug-likeness (QED) is 0.326. The van der Waals surface area contributed by atoms with Crippen LogP contribution in [0.25, 0.3) is 0 Å². The molecule has 1 aliphatic carbocycles. The Morgan fingerprint density at radius 3 is 2.70 bits per heavy atom. The maximum absolute atomic E-state index is 5.81. The zero-order chi connectivity index (χ0) is 13.5. The summed E-state index contributed by atoms with van der Waals surface area (Å²) in [6, 6.07) is 8.08. The molecule has 2 rings (SSSR count). The zero-order valence-electron chi connectivity index (χ0n) is 12.0. The van der Waals surface area contributed by atoms with Crippen LogP contribution in [0.15, 0.2) is 29.3 Å². The van der Waals surface area contributed by atoms with Gasteiger partial charge in [-0.3, -0.25) is 4.99 Å². The molecule has 1 aromatic rings. The number of nitrogens with one attached hydrogen (secondary N) is 1. The van der Waals surface area contributed by atoms with E-state index < -0.39 is 0 Å². The monoisotopic (exact) mass is 389 g/mol. The van der Waals surface area contributed by atoms with Gasteiger partial charge >= 0.3 is 0 Å². The van der Waals surface area contributed by atoms with Crippen LogP contribution in [0.3, 0.4) is 0 Å². The normalized spacial score (nSPS) is 14.8. The number of halogens is 1. The number of hydrogen-bond acceptors (Lipinski definition) is 2. The zero-order valence-corrected chi connectivity index (χ0v) is 14.3. The van der Waals surface area contributed by atoms with Crippen molar-refractivity contribution in [1.82, 2.24) is 0 Å². The summed E-state index contributed by atoms with van der Waals surface area (Å²) in [4.78, 5) is 4.28. The van der Waals surface area contributed by atoms with Crippen LogP contribution in [0.5, 0.6) is 0 Å². The van der Waals surface area contributed by atoms with E-state index in [0.29, 0.717) is 12.5 Å². The van der Waals surface area contributed by atoms with Gasteiger partial charge in [0.2, 0.25) is 0 Å². The summed E-state index contributed by atoms with van der Waals surface area (Å²) < 4.78 is 5.54. The molecule has 0 heterocycles. The lowest BCUT2D eigenvalue weighted by Gasteiger charge is -2.06. The predicted octanol–water partition coefficient (Wildman–Crippen LogP) is 3.16. The maximum Gasteiger partial charge on any atom is 0.193 e. The van der Waals surface area contributed by atoms with Gasteiger partial charge in [0.25, 0.3) is 0 Å². The van der Waals surface area contributed by atoms with E-state index in [0.717, 1.165) is 31.2 Å². The Kier molecular flexibility index (Phi) is 7.91. The number of anilines is 1. The highest BCUT2D eigenvalue weighted by Gasteiger charge is 2.20. The molecule has 20 heavy (non-hydrogen) atoms. The second kappa shape index (κ2) is 9.18. The Hall–Kier alpha value is -0.820. The highest BCUT2D eigenvalue weighted by Crippen LogP contribution is 2.28. The predicted molar refractivity (Wildman–Crippen MR) is 94.9 cm³/mol. The number of aryl methyl sites for hydroxylation is 1. The molecule has 0 unspecified atom stereocenters. The van der Waals surface area contributed by atoms with Gasteiger partial charge in [-0.1, -0.05) is 17.7 Å². The summed E-state index contributed by atoms with van der Waals surface area (Å²) >= 11 is 0. The van der Waals surface area contributed by atoms with Crippen molar-refractivity contribution in [1.29, 1.82) is 0 Å². The number of ether oxygens (including phenoxy) is 1. The van der Waals surface area contributed by atoms with E-state index in [1.165, 1.54) is 18.4 Å². The van der Waals surface area contributed by atoms with E-state index in [-0.39, 0.29) is 24.0 Å². The van der Waals surface area contributed by atoms with E-state index in [9.17, 15) is 0 Å². The standard InChI is InChI=1S/C15H23N3O.HI/c1-12-3-7-14(8-4-12)18-15(16)17-9-2-10-19-11-13-5-6-13;/h3-4,7-8,13H,2,5-6,9-11H2,1H3,(H3,16,17,18);1H. The Morgan fingerprint density at radius 2 is 2.05 bits per heavy atom. The molecule has 0 aromatic heterocycles. The Morgan fingerprint density at radius 1 is 1.35 bits per heavy atom. The van der Waals surface area contributed by atoms with E-state index in [1.807, 2.05) is 24.3 Å². The van der Waals surface area contributed by atoms with Crippen LogP contribution in [-0.4, -0.2) is 25.7 Å². The molecule has 0 saturated heterocycles. The van der Waals surface area contributed by atoms with Crippen LogP contribution in [0.1, 0.15) is 24.8 Å². The molecule has 0 atom stereocenters. The minimum absolute atomic E-state index is 0. The fourth-order valence-electron chi connectivity index (χ4n) is 1.72. The summed E-state index contributed by atoms with van der Waals surface area (Å²) in [6.45, 7) is 4.46. The highest BCUT2D eigenvalue weighted by atomic mass is 127. The third kappa shape index (κ3) is 7.09. The van der Waals surface area contributed by atoms with Gasteiger partial charge in [0.1, 0.15) is 0 Å². The maximum atomic E-state index is 5.81. The topological polar surface area (TPSA) is 59.6 Å². The minimum atomic E-state index is 0. The van der Waals surface area contributed by atoms with Gasteiger partial charge in [0.15, 0.2) is 5.96 Å². The molecular weight excluding hydrogens is 365 g/mol. The van der Waals surface area contributed by atoms with Crippen molar-refractivity contribution in [3.05, 3.63) is 29.8 Å². The van der Waals surface area contributed by atoms with Crippen molar-refractivity contribution in [3.8, 4) is 0 Å². The molecule has 0 aliphatic heterocycles. The molecule has 5 heteroatoms. The third-order valence-electron chi connectivity index (χ3n) is 3.10. The first kappa shape index (κ1) is 17.2. The van der Waals surface area contributed by atoms with Crippen molar-refractivity contribution in [2.24, 2.45) is 16.6 Å². The summed E-state index contributed by atoms with van der Waals surface area (Å²) in [5.74, 6) is 1.29. The number of rotatable bonds is 7. The molecule has 1 aliphatic rings. The van der Waals surface area contributed by atoms with Crippen molar-refractivity contribution >= 4 is 35.6 Å². The van der Waals surface area contributed by atoms with E-state index >= 15 is 0 Å². The summed E-state index contributed by atoms with van der Waals surface area (Å²) in [5, 5.41) is 3.08. The largest absolute Gasteiger partial charge is 0.381 e. The highest BCUT2D eigenvalue weighted by molar-refractivity contribution is 14.0. The fourth-order valence-corrected chi connectivity index (χ4v) is 1.72. The number of nitrogens with zero attached hydrogens (tertiary/aromatic N) is 1. The van der Waals surface area contributed by atoms with Gasteiger partial charge in [0.05, 0.1) is 0 Å². The number of nitrogens with two attached hydrogens (primary N) is 1. The third-order valence-corrected chi connectivity index (χ3v) is 3.10. The Bertz CT molecular complexity index is 416. The lowest BCUT2D eigenvalue weighted by Crippen LogP contribution is -2.23. The van der Waals surface area contributed by atoms with Gasteiger partial charge in [-0.05, 0) is 44.2 Å². The molecular formula is C15H24IN3O. The van der Waals surface area contributed by atoms with Crippen molar-refractivity contribution in [3.63, 3.8) is 0 Å². The molecule has 112 valence electrons. The second-order valence-corrected chi connectivity index (χ2v) is 5.13. The lowest BCUT2D eigenvalue weighted by atomic mass is 10.2. The van der Waals surface area contributed by atoms with Crippen molar-refractivity contribution in [2.75, 3.05) is 25.1 Å². The van der Waals surface area contributed by atoms with Crippen LogP contribution >= 0.6 is 24.0 Å². The smallest absolute Gasteiger partial charge is 0.193 e. The SMILES string of the molecule is Cc1ccc(NC(N)=NCCCOCC2CC2)cc1.I. The lowest BCUT2D eigenvalue weighted by molar-refractivity contribution is 0.123.